The van der Waals surface area contributed by atoms with Crippen molar-refractivity contribution in [2.75, 3.05) is 0 Å². The fraction of sp³-hybridized carbons (Fsp3) is 0. The van der Waals surface area contributed by atoms with Crippen LogP contribution in [-0.2, 0) is 0 Å². The van der Waals surface area contributed by atoms with Crippen LogP contribution in [0, 0.1) is 0 Å². The smallest absolute Gasteiger partial charge is 0.262 e. The van der Waals surface area contributed by atoms with Crippen molar-refractivity contribution in [3.63, 3.8) is 0 Å². The monoisotopic (exact) mass is 382 g/mol. The van der Waals surface area contributed by atoms with Crippen LogP contribution in [0.5, 0.6) is 5.75 Å². The summed E-state index contributed by atoms with van der Waals surface area (Å²) < 4.78 is 5.35. The first kappa shape index (κ1) is 16.6. The number of nitrogens with zero attached hydrogens (tertiary/aromatic N) is 2. The molecule has 0 amide bonds. The van der Waals surface area contributed by atoms with E-state index in [1.165, 1.54) is 0 Å². The van der Waals surface area contributed by atoms with Crippen molar-refractivity contribution in [3.05, 3.63) is 76.8 Å². The molecule has 26 heavy (non-hydrogen) atoms. The molecule has 1 N–H and O–H groups in total. The number of aromatic hydroxyl groups is 1. The second kappa shape index (κ2) is 6.83. The van der Waals surface area contributed by atoms with Crippen LogP contribution in [0.2, 0.25) is 10.0 Å². The topological polar surface area (TPSA) is 59.2 Å². The van der Waals surface area contributed by atoms with E-state index in [2.05, 4.69) is 10.1 Å². The molecule has 4 rings (SSSR count). The predicted molar refractivity (Wildman–Crippen MR) is 102 cm³/mol. The second-order valence-corrected chi connectivity index (χ2v) is 6.40. The third-order valence-corrected chi connectivity index (χ3v) is 4.59. The van der Waals surface area contributed by atoms with Gasteiger partial charge >= 0.3 is 0 Å². The minimum absolute atomic E-state index is 0.0687. The highest BCUT2D eigenvalue weighted by Gasteiger charge is 2.19. The summed E-state index contributed by atoms with van der Waals surface area (Å²) in [6.07, 6.45) is 0. The van der Waals surface area contributed by atoms with Gasteiger partial charge in [-0.05, 0) is 23.8 Å². The van der Waals surface area contributed by atoms with E-state index in [-0.39, 0.29) is 17.5 Å². The van der Waals surface area contributed by atoms with Gasteiger partial charge in [-0.15, -0.1) is 0 Å². The van der Waals surface area contributed by atoms with Crippen molar-refractivity contribution in [3.8, 4) is 39.7 Å². The van der Waals surface area contributed by atoms with Gasteiger partial charge in [-0.1, -0.05) is 76.9 Å². The van der Waals surface area contributed by atoms with Gasteiger partial charge in [-0.3, -0.25) is 0 Å². The number of halogens is 2. The Kier molecular flexibility index (Phi) is 4.37. The molecule has 0 aliphatic rings. The Balaban J connectivity index is 1.80. The van der Waals surface area contributed by atoms with Crippen molar-refractivity contribution < 1.29 is 9.63 Å². The Morgan fingerprint density at radius 3 is 2.15 bits per heavy atom. The average molecular weight is 383 g/mol. The minimum Gasteiger partial charge on any atom is -0.506 e. The lowest BCUT2D eigenvalue weighted by Crippen LogP contribution is -1.86. The SMILES string of the molecule is Oc1c(-c2ccccc2)cccc1-c1nc(-c2c(Cl)cccc2Cl)no1. The van der Waals surface area contributed by atoms with Gasteiger partial charge in [-0.2, -0.15) is 4.98 Å². The molecule has 1 aromatic heterocycles. The largest absolute Gasteiger partial charge is 0.506 e. The lowest BCUT2D eigenvalue weighted by atomic mass is 10.0. The molecule has 0 radical (unpaired) electrons. The molecule has 3 aromatic carbocycles. The maximum Gasteiger partial charge on any atom is 0.262 e. The lowest BCUT2D eigenvalue weighted by Gasteiger charge is -2.07. The fourth-order valence-electron chi connectivity index (χ4n) is 2.71. The predicted octanol–water partition coefficient (Wildman–Crippen LogP) is 6.08. The Hall–Kier alpha value is -2.82. The fourth-order valence-corrected chi connectivity index (χ4v) is 3.28. The summed E-state index contributed by atoms with van der Waals surface area (Å²) in [5, 5.41) is 15.5. The standard InChI is InChI=1S/C20H12Cl2N2O2/c21-15-10-5-11-16(22)17(15)19-23-20(26-24-19)14-9-4-8-13(18(14)25)12-6-2-1-3-7-12/h1-11,25H. The van der Waals surface area contributed by atoms with Crippen LogP contribution in [0.15, 0.2) is 71.3 Å². The molecule has 0 aliphatic heterocycles. The van der Waals surface area contributed by atoms with Crippen molar-refractivity contribution in [1.29, 1.82) is 0 Å². The number of para-hydroxylation sites is 1. The van der Waals surface area contributed by atoms with Crippen LogP contribution in [0.3, 0.4) is 0 Å². The Morgan fingerprint density at radius 2 is 1.42 bits per heavy atom. The first-order chi connectivity index (χ1) is 12.6. The van der Waals surface area contributed by atoms with Gasteiger partial charge in [-0.25, -0.2) is 0 Å². The molecule has 0 spiro atoms. The second-order valence-electron chi connectivity index (χ2n) is 5.59. The molecule has 0 aliphatic carbocycles. The maximum atomic E-state index is 10.7. The van der Waals surface area contributed by atoms with Crippen LogP contribution < -0.4 is 0 Å². The van der Waals surface area contributed by atoms with Crippen LogP contribution in [0.1, 0.15) is 0 Å². The molecule has 0 fully saturated rings. The maximum absolute atomic E-state index is 10.7. The highest BCUT2D eigenvalue weighted by atomic mass is 35.5. The van der Waals surface area contributed by atoms with Crippen molar-refractivity contribution in [2.24, 2.45) is 0 Å². The van der Waals surface area contributed by atoms with Gasteiger partial charge in [0.25, 0.3) is 5.89 Å². The molecule has 0 bridgehead atoms. The number of hydrogen-bond donors (Lipinski definition) is 1. The van der Waals surface area contributed by atoms with E-state index in [0.29, 0.717) is 26.7 Å². The highest BCUT2D eigenvalue weighted by Crippen LogP contribution is 2.39. The number of benzene rings is 3. The van der Waals surface area contributed by atoms with E-state index < -0.39 is 0 Å². The van der Waals surface area contributed by atoms with Crippen LogP contribution in [0.25, 0.3) is 34.0 Å². The zero-order valence-electron chi connectivity index (χ0n) is 13.4. The minimum atomic E-state index is 0.0687. The van der Waals surface area contributed by atoms with E-state index in [0.717, 1.165) is 5.56 Å². The molecule has 4 nitrogen and oxygen atoms in total. The molecule has 1 heterocycles. The van der Waals surface area contributed by atoms with Gasteiger partial charge in [0.2, 0.25) is 5.82 Å². The van der Waals surface area contributed by atoms with E-state index in [4.69, 9.17) is 27.7 Å². The van der Waals surface area contributed by atoms with E-state index in [9.17, 15) is 5.11 Å². The van der Waals surface area contributed by atoms with E-state index in [1.54, 1.807) is 24.3 Å². The zero-order valence-corrected chi connectivity index (χ0v) is 14.9. The normalized spacial score (nSPS) is 10.8. The van der Waals surface area contributed by atoms with Gasteiger partial charge in [0.1, 0.15) is 5.75 Å². The Morgan fingerprint density at radius 1 is 0.769 bits per heavy atom. The molecular weight excluding hydrogens is 371 g/mol. The third-order valence-electron chi connectivity index (χ3n) is 3.96. The van der Waals surface area contributed by atoms with Gasteiger partial charge < -0.3 is 9.63 Å². The van der Waals surface area contributed by atoms with Crippen LogP contribution in [0.4, 0.5) is 0 Å². The zero-order chi connectivity index (χ0) is 18.1. The lowest BCUT2D eigenvalue weighted by molar-refractivity contribution is 0.426. The average Bonchev–Trinajstić information content (AvgIpc) is 3.12. The van der Waals surface area contributed by atoms with E-state index >= 15 is 0 Å². The van der Waals surface area contributed by atoms with Crippen molar-refractivity contribution in [1.82, 2.24) is 10.1 Å². The van der Waals surface area contributed by atoms with Gasteiger partial charge in [0.15, 0.2) is 0 Å². The number of aromatic nitrogens is 2. The molecule has 6 heteroatoms. The van der Waals surface area contributed by atoms with Gasteiger partial charge in [0, 0.05) is 5.56 Å². The number of phenols is 1. The molecule has 4 aromatic rings. The van der Waals surface area contributed by atoms with Gasteiger partial charge in [0.05, 0.1) is 21.2 Å². The third kappa shape index (κ3) is 2.94. The Labute approximate surface area is 159 Å². The number of phenolic OH excluding ortho intramolecular Hbond substituents is 1. The summed E-state index contributed by atoms with van der Waals surface area (Å²) in [6.45, 7) is 0. The summed E-state index contributed by atoms with van der Waals surface area (Å²) in [6, 6.07) is 20.1. The molecule has 0 saturated carbocycles. The van der Waals surface area contributed by atoms with E-state index in [1.807, 2.05) is 42.5 Å². The summed E-state index contributed by atoms with van der Waals surface area (Å²) in [5.74, 6) is 0.519. The first-order valence-corrected chi connectivity index (χ1v) is 8.56. The molecular formula is C20H12Cl2N2O2. The summed E-state index contributed by atoms with van der Waals surface area (Å²) in [5.41, 5.74) is 2.50. The molecule has 0 unspecified atom stereocenters. The summed E-state index contributed by atoms with van der Waals surface area (Å²) in [4.78, 5) is 4.36. The summed E-state index contributed by atoms with van der Waals surface area (Å²) >= 11 is 12.4. The number of hydrogen-bond acceptors (Lipinski definition) is 4. The highest BCUT2D eigenvalue weighted by molar-refractivity contribution is 6.38. The Bertz CT molecular complexity index is 1060. The van der Waals surface area contributed by atoms with Crippen LogP contribution in [-0.4, -0.2) is 15.2 Å². The van der Waals surface area contributed by atoms with Crippen molar-refractivity contribution >= 4 is 23.2 Å². The van der Waals surface area contributed by atoms with Crippen LogP contribution >= 0.6 is 23.2 Å². The quantitative estimate of drug-likeness (QED) is 0.466. The molecule has 128 valence electrons. The summed E-state index contributed by atoms with van der Waals surface area (Å²) in [7, 11) is 0. The number of rotatable bonds is 3. The molecule has 0 saturated heterocycles. The molecule has 0 atom stereocenters. The first-order valence-electron chi connectivity index (χ1n) is 7.81. The van der Waals surface area contributed by atoms with Crippen molar-refractivity contribution in [2.45, 2.75) is 0 Å².